The molecule has 100 valence electrons. The maximum absolute atomic E-state index is 13.6. The lowest BCUT2D eigenvalue weighted by Crippen LogP contribution is -2.03. The number of hydrogen-bond donors (Lipinski definition) is 1. The first-order valence-electron chi connectivity index (χ1n) is 5.61. The van der Waals surface area contributed by atoms with Crippen molar-refractivity contribution in [1.29, 1.82) is 0 Å². The number of anilines is 1. The van der Waals surface area contributed by atoms with Gasteiger partial charge in [-0.3, -0.25) is 0 Å². The van der Waals surface area contributed by atoms with Gasteiger partial charge >= 0.3 is 0 Å². The Labute approximate surface area is 127 Å². The molecule has 2 rings (SSSR count). The van der Waals surface area contributed by atoms with E-state index in [1.54, 1.807) is 0 Å². The summed E-state index contributed by atoms with van der Waals surface area (Å²) in [5, 5.41) is 2.89. The summed E-state index contributed by atoms with van der Waals surface area (Å²) in [4.78, 5) is 0. The van der Waals surface area contributed by atoms with Crippen molar-refractivity contribution in [2.75, 3.05) is 5.32 Å². The number of nitrogens with one attached hydrogen (secondary N) is 1. The molecule has 2 aromatic carbocycles. The lowest BCUT2D eigenvalue weighted by Gasteiger charge is -2.10. The van der Waals surface area contributed by atoms with Gasteiger partial charge in [0.25, 0.3) is 0 Å². The molecule has 0 heterocycles. The van der Waals surface area contributed by atoms with Crippen LogP contribution in [0.25, 0.3) is 0 Å². The highest BCUT2D eigenvalue weighted by molar-refractivity contribution is 9.10. The predicted octanol–water partition coefficient (Wildman–Crippen LogP) is 5.41. The lowest BCUT2D eigenvalue weighted by molar-refractivity contribution is 0.596. The SMILES string of the molecule is Cc1ccc(CNc2cc(F)c(Br)cc2F)c(Br)c1. The van der Waals surface area contributed by atoms with Crippen molar-refractivity contribution < 1.29 is 8.78 Å². The maximum Gasteiger partial charge on any atom is 0.147 e. The summed E-state index contributed by atoms with van der Waals surface area (Å²) < 4.78 is 28.0. The molecule has 0 bridgehead atoms. The minimum Gasteiger partial charge on any atom is -0.378 e. The molecule has 0 saturated heterocycles. The Morgan fingerprint density at radius 1 is 1.00 bits per heavy atom. The monoisotopic (exact) mass is 389 g/mol. The molecule has 0 aromatic heterocycles. The average Bonchev–Trinajstić information content (AvgIpc) is 2.34. The third kappa shape index (κ3) is 3.54. The zero-order valence-electron chi connectivity index (χ0n) is 10.1. The fraction of sp³-hybridized carbons (Fsp3) is 0.143. The van der Waals surface area contributed by atoms with E-state index in [0.29, 0.717) is 6.54 Å². The Morgan fingerprint density at radius 2 is 1.74 bits per heavy atom. The van der Waals surface area contributed by atoms with E-state index < -0.39 is 11.6 Å². The maximum atomic E-state index is 13.6. The van der Waals surface area contributed by atoms with Crippen LogP contribution in [0.15, 0.2) is 39.3 Å². The van der Waals surface area contributed by atoms with E-state index in [-0.39, 0.29) is 10.2 Å². The molecule has 0 spiro atoms. The van der Waals surface area contributed by atoms with E-state index in [4.69, 9.17) is 0 Å². The summed E-state index contributed by atoms with van der Waals surface area (Å²) in [6.07, 6.45) is 0. The summed E-state index contributed by atoms with van der Waals surface area (Å²) >= 11 is 6.40. The van der Waals surface area contributed by atoms with E-state index in [9.17, 15) is 8.78 Å². The van der Waals surface area contributed by atoms with E-state index in [1.807, 2.05) is 25.1 Å². The zero-order valence-corrected chi connectivity index (χ0v) is 13.3. The highest BCUT2D eigenvalue weighted by Gasteiger charge is 2.08. The molecule has 1 nitrogen and oxygen atoms in total. The number of rotatable bonds is 3. The zero-order chi connectivity index (χ0) is 14.0. The van der Waals surface area contributed by atoms with Crippen molar-refractivity contribution in [2.45, 2.75) is 13.5 Å². The first kappa shape index (κ1) is 14.5. The van der Waals surface area contributed by atoms with E-state index in [1.165, 1.54) is 0 Å². The van der Waals surface area contributed by atoms with E-state index >= 15 is 0 Å². The molecular formula is C14H11Br2F2N. The van der Waals surface area contributed by atoms with Crippen LogP contribution < -0.4 is 5.32 Å². The molecule has 0 aliphatic rings. The van der Waals surface area contributed by atoms with Gasteiger partial charge in [-0.2, -0.15) is 0 Å². The average molecular weight is 391 g/mol. The molecule has 19 heavy (non-hydrogen) atoms. The minimum absolute atomic E-state index is 0.118. The van der Waals surface area contributed by atoms with Crippen LogP contribution in [0.2, 0.25) is 0 Å². The van der Waals surface area contributed by atoms with Gasteiger partial charge in [-0.1, -0.05) is 28.1 Å². The van der Waals surface area contributed by atoms with Crippen molar-refractivity contribution in [3.8, 4) is 0 Å². The number of aryl methyl sites for hydroxylation is 1. The third-order valence-corrected chi connectivity index (χ3v) is 4.03. The Kier molecular flexibility index (Phi) is 4.58. The van der Waals surface area contributed by atoms with Crippen LogP contribution in [0.3, 0.4) is 0 Å². The van der Waals surface area contributed by atoms with Gasteiger partial charge in [0, 0.05) is 17.1 Å². The second-order valence-corrected chi connectivity index (χ2v) is 5.90. The fourth-order valence-electron chi connectivity index (χ4n) is 1.64. The Morgan fingerprint density at radius 3 is 2.42 bits per heavy atom. The Bertz CT molecular complexity index is 615. The van der Waals surface area contributed by atoms with Gasteiger partial charge in [-0.25, -0.2) is 8.78 Å². The van der Waals surface area contributed by atoms with Gasteiger partial charge in [-0.05, 0) is 46.1 Å². The fourth-order valence-corrected chi connectivity index (χ4v) is 2.59. The second-order valence-electron chi connectivity index (χ2n) is 4.19. The summed E-state index contributed by atoms with van der Waals surface area (Å²) in [5.74, 6) is -0.983. The first-order chi connectivity index (χ1) is 8.97. The molecule has 0 amide bonds. The Balaban J connectivity index is 2.16. The quantitative estimate of drug-likeness (QED) is 0.691. The van der Waals surface area contributed by atoms with Crippen LogP contribution in [-0.4, -0.2) is 0 Å². The number of hydrogen-bond acceptors (Lipinski definition) is 1. The van der Waals surface area contributed by atoms with Gasteiger partial charge in [0.15, 0.2) is 0 Å². The van der Waals surface area contributed by atoms with Crippen molar-refractivity contribution in [3.63, 3.8) is 0 Å². The molecule has 2 aromatic rings. The van der Waals surface area contributed by atoms with Crippen molar-refractivity contribution in [2.24, 2.45) is 0 Å². The first-order valence-corrected chi connectivity index (χ1v) is 7.19. The van der Waals surface area contributed by atoms with Gasteiger partial charge in [0.05, 0.1) is 10.2 Å². The summed E-state index contributed by atoms with van der Waals surface area (Å²) in [6, 6.07) is 8.15. The minimum atomic E-state index is -0.494. The van der Waals surface area contributed by atoms with E-state index in [2.05, 4.69) is 37.2 Å². The normalized spacial score (nSPS) is 10.6. The van der Waals surface area contributed by atoms with Crippen LogP contribution in [0.1, 0.15) is 11.1 Å². The van der Waals surface area contributed by atoms with Crippen LogP contribution in [0, 0.1) is 18.6 Å². The smallest absolute Gasteiger partial charge is 0.147 e. The molecule has 0 unspecified atom stereocenters. The molecule has 0 aliphatic carbocycles. The van der Waals surface area contributed by atoms with Crippen LogP contribution in [-0.2, 0) is 6.54 Å². The highest BCUT2D eigenvalue weighted by Crippen LogP contribution is 2.25. The van der Waals surface area contributed by atoms with Gasteiger partial charge < -0.3 is 5.32 Å². The third-order valence-electron chi connectivity index (χ3n) is 2.69. The van der Waals surface area contributed by atoms with Crippen molar-refractivity contribution in [1.82, 2.24) is 0 Å². The van der Waals surface area contributed by atoms with Gasteiger partial charge in [-0.15, -0.1) is 0 Å². The predicted molar refractivity (Wildman–Crippen MR) is 80.3 cm³/mol. The molecule has 0 saturated carbocycles. The van der Waals surface area contributed by atoms with Crippen LogP contribution in [0.4, 0.5) is 14.5 Å². The molecule has 5 heteroatoms. The molecule has 0 atom stereocenters. The van der Waals surface area contributed by atoms with Crippen molar-refractivity contribution in [3.05, 3.63) is 62.0 Å². The van der Waals surface area contributed by atoms with Crippen molar-refractivity contribution >= 4 is 37.5 Å². The van der Waals surface area contributed by atoms with Crippen LogP contribution >= 0.6 is 31.9 Å². The van der Waals surface area contributed by atoms with Gasteiger partial charge in [0.2, 0.25) is 0 Å². The molecule has 1 N–H and O–H groups in total. The second kappa shape index (κ2) is 6.01. The molecule has 0 aliphatic heterocycles. The number of benzene rings is 2. The Hall–Kier alpha value is -0.940. The summed E-state index contributed by atoms with van der Waals surface area (Å²) in [6.45, 7) is 2.41. The lowest BCUT2D eigenvalue weighted by atomic mass is 10.1. The number of halogens is 4. The van der Waals surface area contributed by atoms with E-state index in [0.717, 1.165) is 27.7 Å². The molecular weight excluding hydrogens is 380 g/mol. The molecule has 0 fully saturated rings. The molecule has 0 radical (unpaired) electrons. The summed E-state index contributed by atoms with van der Waals surface area (Å²) in [5.41, 5.74) is 2.26. The van der Waals surface area contributed by atoms with Crippen LogP contribution in [0.5, 0.6) is 0 Å². The van der Waals surface area contributed by atoms with Gasteiger partial charge in [0.1, 0.15) is 11.6 Å². The summed E-state index contributed by atoms with van der Waals surface area (Å²) in [7, 11) is 0. The largest absolute Gasteiger partial charge is 0.378 e. The standard InChI is InChI=1S/C14H11Br2F2N/c1-8-2-3-9(10(15)4-8)7-19-14-6-12(17)11(16)5-13(14)18/h2-6,19H,7H2,1H3. The topological polar surface area (TPSA) is 12.0 Å². The highest BCUT2D eigenvalue weighted by atomic mass is 79.9.